The number of aromatic amines is 1. The van der Waals surface area contributed by atoms with Gasteiger partial charge in [-0.1, -0.05) is 0 Å². The third kappa shape index (κ3) is 3.43. The number of β-amino-alcohol motifs (C(OH)–C–C–N with tert-alkyl or cyclic N) is 1. The number of aromatic nitrogens is 3. The van der Waals surface area contributed by atoms with Crippen LogP contribution in [0.2, 0.25) is 0 Å². The number of H-pyrrole nitrogens is 1. The Balaban J connectivity index is 1.64. The molecule has 8 heteroatoms. The summed E-state index contributed by atoms with van der Waals surface area (Å²) in [5, 5.41) is 20.7. The number of halogens is 2. The normalized spacial score (nSPS) is 21.0. The number of aliphatic hydroxyl groups is 1. The number of hydrogen-bond acceptors (Lipinski definition) is 4. The number of aryl methyl sites for hydroxylation is 1. The fourth-order valence-electron chi connectivity index (χ4n) is 3.02. The lowest BCUT2D eigenvalue weighted by Crippen LogP contribution is -2.48. The van der Waals surface area contributed by atoms with Crippen molar-refractivity contribution in [3.05, 3.63) is 47.3 Å². The summed E-state index contributed by atoms with van der Waals surface area (Å²) in [4.78, 5) is 13.9. The van der Waals surface area contributed by atoms with Gasteiger partial charge in [-0.15, -0.1) is 0 Å². The van der Waals surface area contributed by atoms with Crippen LogP contribution in [0, 0.1) is 11.6 Å². The van der Waals surface area contributed by atoms with Gasteiger partial charge in [0, 0.05) is 13.0 Å². The lowest BCUT2D eigenvalue weighted by molar-refractivity contribution is -0.139. The van der Waals surface area contributed by atoms with E-state index in [4.69, 9.17) is 0 Å². The topological polar surface area (TPSA) is 82.1 Å². The molecule has 1 fully saturated rings. The minimum atomic E-state index is -1.23. The van der Waals surface area contributed by atoms with Crippen molar-refractivity contribution in [2.75, 3.05) is 13.1 Å². The molecule has 0 unspecified atom stereocenters. The van der Waals surface area contributed by atoms with Gasteiger partial charge in [-0.25, -0.2) is 8.78 Å². The van der Waals surface area contributed by atoms with Gasteiger partial charge in [-0.3, -0.25) is 4.79 Å². The monoisotopic (exact) mass is 336 g/mol. The SMILES string of the molecule is O=C(CCc1cc(F)ccc1F)N1CCC[C@@](O)(c2cn[nH]n2)C1. The first-order valence-electron chi connectivity index (χ1n) is 7.78. The lowest BCUT2D eigenvalue weighted by atomic mass is 9.90. The van der Waals surface area contributed by atoms with Gasteiger partial charge in [-0.2, -0.15) is 15.4 Å². The van der Waals surface area contributed by atoms with Gasteiger partial charge in [0.15, 0.2) is 0 Å². The van der Waals surface area contributed by atoms with E-state index in [1.54, 1.807) is 0 Å². The standard InChI is InChI=1S/C16H18F2N4O2/c17-12-3-4-13(18)11(8-12)2-5-15(23)22-7-1-6-16(24,10-22)14-9-19-21-20-14/h3-4,8-9,24H,1-2,5-7,10H2,(H,19,20,21)/t16-/m0/s1. The van der Waals surface area contributed by atoms with Crippen molar-refractivity contribution in [2.45, 2.75) is 31.3 Å². The summed E-state index contributed by atoms with van der Waals surface area (Å²) in [5.74, 6) is -1.26. The second kappa shape index (κ2) is 6.64. The summed E-state index contributed by atoms with van der Waals surface area (Å²) in [6, 6.07) is 3.20. The Morgan fingerprint density at radius 3 is 3.00 bits per heavy atom. The number of rotatable bonds is 4. The maximum atomic E-state index is 13.6. The molecule has 1 aliphatic heterocycles. The summed E-state index contributed by atoms with van der Waals surface area (Å²) in [5.41, 5.74) is -0.659. The largest absolute Gasteiger partial charge is 0.382 e. The number of nitrogens with one attached hydrogen (secondary N) is 1. The fraction of sp³-hybridized carbons (Fsp3) is 0.438. The summed E-state index contributed by atoms with van der Waals surface area (Å²) in [6.07, 6.45) is 2.72. The van der Waals surface area contributed by atoms with E-state index in [1.807, 2.05) is 0 Å². The molecule has 6 nitrogen and oxygen atoms in total. The third-order valence-electron chi connectivity index (χ3n) is 4.33. The quantitative estimate of drug-likeness (QED) is 0.887. The number of piperidine rings is 1. The van der Waals surface area contributed by atoms with Crippen LogP contribution in [0.4, 0.5) is 8.78 Å². The molecule has 2 N–H and O–H groups in total. The van der Waals surface area contributed by atoms with Crippen LogP contribution < -0.4 is 0 Å². The van der Waals surface area contributed by atoms with E-state index >= 15 is 0 Å². The molecule has 0 spiro atoms. The highest BCUT2D eigenvalue weighted by molar-refractivity contribution is 5.76. The van der Waals surface area contributed by atoms with Crippen LogP contribution in [0.1, 0.15) is 30.5 Å². The second-order valence-electron chi connectivity index (χ2n) is 6.04. The first-order chi connectivity index (χ1) is 11.5. The Kier molecular flexibility index (Phi) is 4.57. The molecule has 2 heterocycles. The maximum Gasteiger partial charge on any atom is 0.223 e. The number of carbonyl (C=O) groups is 1. The minimum Gasteiger partial charge on any atom is -0.382 e. The molecule has 1 atom stereocenters. The molecule has 128 valence electrons. The van der Waals surface area contributed by atoms with Crippen LogP contribution in [-0.2, 0) is 16.8 Å². The maximum absolute atomic E-state index is 13.6. The average molecular weight is 336 g/mol. The smallest absolute Gasteiger partial charge is 0.223 e. The molecule has 1 aromatic heterocycles. The Hall–Kier alpha value is -2.35. The first-order valence-corrected chi connectivity index (χ1v) is 7.78. The number of nitrogens with zero attached hydrogens (tertiary/aromatic N) is 3. The molecule has 0 aliphatic carbocycles. The highest BCUT2D eigenvalue weighted by atomic mass is 19.1. The van der Waals surface area contributed by atoms with Gasteiger partial charge in [0.1, 0.15) is 22.9 Å². The minimum absolute atomic E-state index is 0.0509. The predicted molar refractivity (Wildman–Crippen MR) is 80.8 cm³/mol. The van der Waals surface area contributed by atoms with Crippen LogP contribution in [0.5, 0.6) is 0 Å². The predicted octanol–water partition coefficient (Wildman–Crippen LogP) is 1.53. The van der Waals surface area contributed by atoms with E-state index in [0.29, 0.717) is 25.1 Å². The zero-order chi connectivity index (χ0) is 17.2. The van der Waals surface area contributed by atoms with Crippen molar-refractivity contribution in [1.29, 1.82) is 0 Å². The zero-order valence-corrected chi connectivity index (χ0v) is 13.0. The molecule has 1 amide bonds. The van der Waals surface area contributed by atoms with E-state index in [-0.39, 0.29) is 30.9 Å². The highest BCUT2D eigenvalue weighted by Gasteiger charge is 2.38. The number of carbonyl (C=O) groups excluding carboxylic acids is 1. The van der Waals surface area contributed by atoms with Crippen molar-refractivity contribution in [3.8, 4) is 0 Å². The molecule has 1 aliphatic rings. The number of likely N-dealkylation sites (tertiary alicyclic amines) is 1. The van der Waals surface area contributed by atoms with Gasteiger partial charge < -0.3 is 10.0 Å². The van der Waals surface area contributed by atoms with Gasteiger partial charge in [-0.05, 0) is 43.0 Å². The van der Waals surface area contributed by atoms with E-state index in [9.17, 15) is 18.7 Å². The molecule has 24 heavy (non-hydrogen) atoms. The molecule has 2 aromatic rings. The summed E-state index contributed by atoms with van der Waals surface area (Å²) < 4.78 is 26.8. The van der Waals surface area contributed by atoms with Crippen LogP contribution in [0.25, 0.3) is 0 Å². The van der Waals surface area contributed by atoms with E-state index < -0.39 is 17.2 Å². The Labute approximate surface area is 137 Å². The van der Waals surface area contributed by atoms with Crippen molar-refractivity contribution in [2.24, 2.45) is 0 Å². The number of benzene rings is 1. The van der Waals surface area contributed by atoms with E-state index in [1.165, 1.54) is 11.1 Å². The third-order valence-corrected chi connectivity index (χ3v) is 4.33. The summed E-state index contributed by atoms with van der Waals surface area (Å²) in [6.45, 7) is 0.634. The van der Waals surface area contributed by atoms with Crippen LogP contribution in [0.3, 0.4) is 0 Å². The zero-order valence-electron chi connectivity index (χ0n) is 13.0. The fourth-order valence-corrected chi connectivity index (χ4v) is 3.02. The summed E-state index contributed by atoms with van der Waals surface area (Å²) in [7, 11) is 0. The van der Waals surface area contributed by atoms with Crippen LogP contribution in [-0.4, -0.2) is 44.4 Å². The molecule has 0 saturated carbocycles. The van der Waals surface area contributed by atoms with Gasteiger partial charge in [0.2, 0.25) is 5.91 Å². The number of hydrogen-bond donors (Lipinski definition) is 2. The van der Waals surface area contributed by atoms with Crippen LogP contribution >= 0.6 is 0 Å². The highest BCUT2D eigenvalue weighted by Crippen LogP contribution is 2.30. The molecular weight excluding hydrogens is 318 g/mol. The molecule has 1 saturated heterocycles. The Morgan fingerprint density at radius 2 is 2.25 bits per heavy atom. The Bertz CT molecular complexity index is 723. The van der Waals surface area contributed by atoms with Crippen molar-refractivity contribution in [1.82, 2.24) is 20.3 Å². The average Bonchev–Trinajstić information content (AvgIpc) is 3.11. The van der Waals surface area contributed by atoms with Gasteiger partial charge >= 0.3 is 0 Å². The summed E-state index contributed by atoms with van der Waals surface area (Å²) >= 11 is 0. The second-order valence-corrected chi connectivity index (χ2v) is 6.04. The molecular formula is C16H18F2N4O2. The van der Waals surface area contributed by atoms with Crippen molar-refractivity contribution in [3.63, 3.8) is 0 Å². The molecule has 0 bridgehead atoms. The van der Waals surface area contributed by atoms with Crippen molar-refractivity contribution >= 4 is 5.91 Å². The van der Waals surface area contributed by atoms with Gasteiger partial charge in [0.25, 0.3) is 0 Å². The number of amides is 1. The van der Waals surface area contributed by atoms with Crippen molar-refractivity contribution < 1.29 is 18.7 Å². The lowest BCUT2D eigenvalue weighted by Gasteiger charge is -2.38. The van der Waals surface area contributed by atoms with Crippen LogP contribution in [0.15, 0.2) is 24.4 Å². The molecule has 1 aromatic carbocycles. The van der Waals surface area contributed by atoms with E-state index in [2.05, 4.69) is 15.4 Å². The molecule has 0 radical (unpaired) electrons. The first kappa shape index (κ1) is 16.5. The van der Waals surface area contributed by atoms with E-state index in [0.717, 1.165) is 18.2 Å². The molecule has 3 rings (SSSR count). The van der Waals surface area contributed by atoms with Gasteiger partial charge in [0.05, 0.1) is 12.7 Å². The Morgan fingerprint density at radius 1 is 1.42 bits per heavy atom.